The summed E-state index contributed by atoms with van der Waals surface area (Å²) in [4.78, 5) is 15.1. The average molecular weight is 367 g/mol. The molecule has 144 valence electrons. The summed E-state index contributed by atoms with van der Waals surface area (Å²) in [5.41, 5.74) is 2.09. The first kappa shape index (κ1) is 18.2. The highest BCUT2D eigenvalue weighted by Crippen LogP contribution is 2.35. The maximum absolute atomic E-state index is 12.8. The summed E-state index contributed by atoms with van der Waals surface area (Å²) < 4.78 is 1.89. The molecule has 1 aromatic carbocycles. The molecule has 2 fully saturated rings. The second-order valence-electron chi connectivity index (χ2n) is 8.23. The van der Waals surface area contributed by atoms with Crippen LogP contribution in [-0.4, -0.2) is 39.2 Å². The van der Waals surface area contributed by atoms with Crippen LogP contribution in [0, 0.1) is 0 Å². The number of rotatable bonds is 7. The first-order valence-corrected chi connectivity index (χ1v) is 10.3. The molecular weight excluding hydrogens is 336 g/mol. The number of hydrogen-bond donors (Lipinski definition) is 1. The molecule has 2 aromatic rings. The minimum atomic E-state index is 0.0469. The van der Waals surface area contributed by atoms with Gasteiger partial charge in [-0.05, 0) is 51.7 Å². The number of benzene rings is 1. The smallest absolute Gasteiger partial charge is 0.239 e. The van der Waals surface area contributed by atoms with E-state index in [1.165, 1.54) is 38.5 Å². The fourth-order valence-corrected chi connectivity index (χ4v) is 4.16. The molecule has 1 heterocycles. The van der Waals surface area contributed by atoms with Crippen LogP contribution in [0.3, 0.4) is 0 Å². The molecule has 0 bridgehead atoms. The van der Waals surface area contributed by atoms with Gasteiger partial charge in [0.15, 0.2) is 0 Å². The number of nitrogens with one attached hydrogen (secondary N) is 1. The highest BCUT2D eigenvalue weighted by Gasteiger charge is 2.32. The van der Waals surface area contributed by atoms with Crippen LogP contribution < -0.4 is 5.32 Å². The molecule has 5 nitrogen and oxygen atoms in total. The summed E-state index contributed by atoms with van der Waals surface area (Å²) in [6, 6.07) is 13.1. The first-order valence-electron chi connectivity index (χ1n) is 10.3. The zero-order valence-corrected chi connectivity index (χ0v) is 16.4. The molecule has 0 unspecified atom stereocenters. The number of para-hydroxylation sites is 1. The van der Waals surface area contributed by atoms with Gasteiger partial charge in [-0.1, -0.05) is 31.0 Å². The summed E-state index contributed by atoms with van der Waals surface area (Å²) in [6.07, 6.45) is 7.35. The Hall–Kier alpha value is -2.14. The van der Waals surface area contributed by atoms with Gasteiger partial charge < -0.3 is 5.32 Å². The SMILES string of the molecule is CC(C)N(CC(=O)Nc1cc(C2CCCC2)nn1-c1ccccc1)C1CC1. The molecule has 27 heavy (non-hydrogen) atoms. The van der Waals surface area contributed by atoms with Crippen molar-refractivity contribution in [1.29, 1.82) is 0 Å². The fourth-order valence-electron chi connectivity index (χ4n) is 4.16. The summed E-state index contributed by atoms with van der Waals surface area (Å²) >= 11 is 0. The number of carbonyl (C=O) groups excluding carboxylic acids is 1. The number of amides is 1. The zero-order valence-electron chi connectivity index (χ0n) is 16.4. The van der Waals surface area contributed by atoms with Gasteiger partial charge in [0.2, 0.25) is 5.91 Å². The third-order valence-electron chi connectivity index (χ3n) is 5.78. The molecule has 5 heteroatoms. The van der Waals surface area contributed by atoms with Gasteiger partial charge in [-0.2, -0.15) is 5.10 Å². The second kappa shape index (κ2) is 7.85. The number of aromatic nitrogens is 2. The summed E-state index contributed by atoms with van der Waals surface area (Å²) in [7, 11) is 0. The topological polar surface area (TPSA) is 50.2 Å². The number of nitrogens with zero attached hydrogens (tertiary/aromatic N) is 3. The van der Waals surface area contributed by atoms with Crippen LogP contribution in [0.5, 0.6) is 0 Å². The zero-order chi connectivity index (χ0) is 18.8. The average Bonchev–Trinajstić information content (AvgIpc) is 3.17. The monoisotopic (exact) mass is 366 g/mol. The van der Waals surface area contributed by atoms with E-state index in [2.05, 4.69) is 30.1 Å². The van der Waals surface area contributed by atoms with Crippen LogP contribution >= 0.6 is 0 Å². The van der Waals surface area contributed by atoms with Crippen LogP contribution in [-0.2, 0) is 4.79 Å². The minimum absolute atomic E-state index is 0.0469. The molecule has 1 amide bonds. The van der Waals surface area contributed by atoms with Gasteiger partial charge in [0.25, 0.3) is 0 Å². The molecule has 2 saturated carbocycles. The summed E-state index contributed by atoms with van der Waals surface area (Å²) in [5, 5.41) is 8.01. The van der Waals surface area contributed by atoms with Gasteiger partial charge in [0.1, 0.15) is 5.82 Å². The van der Waals surface area contributed by atoms with Gasteiger partial charge >= 0.3 is 0 Å². The van der Waals surface area contributed by atoms with Crippen LogP contribution in [0.1, 0.15) is 64.0 Å². The summed E-state index contributed by atoms with van der Waals surface area (Å²) in [5.74, 6) is 1.35. The van der Waals surface area contributed by atoms with E-state index < -0.39 is 0 Å². The highest BCUT2D eigenvalue weighted by atomic mass is 16.2. The second-order valence-corrected chi connectivity index (χ2v) is 8.23. The van der Waals surface area contributed by atoms with E-state index in [0.717, 1.165) is 17.2 Å². The Bertz CT molecular complexity index is 771. The van der Waals surface area contributed by atoms with E-state index in [1.54, 1.807) is 0 Å². The number of hydrogen-bond acceptors (Lipinski definition) is 3. The normalized spacial score (nSPS) is 17.8. The molecule has 4 rings (SSSR count). The highest BCUT2D eigenvalue weighted by molar-refractivity contribution is 5.91. The van der Waals surface area contributed by atoms with Gasteiger partial charge in [0.05, 0.1) is 17.9 Å². The van der Waals surface area contributed by atoms with Crippen LogP contribution in [0.25, 0.3) is 5.69 Å². The van der Waals surface area contributed by atoms with Crippen LogP contribution in [0.4, 0.5) is 5.82 Å². The van der Waals surface area contributed by atoms with Crippen LogP contribution in [0.2, 0.25) is 0 Å². The Morgan fingerprint density at radius 1 is 1.19 bits per heavy atom. The van der Waals surface area contributed by atoms with Crippen molar-refractivity contribution >= 4 is 11.7 Å². The van der Waals surface area contributed by atoms with Crippen LogP contribution in [0.15, 0.2) is 36.4 Å². The minimum Gasteiger partial charge on any atom is -0.309 e. The van der Waals surface area contributed by atoms with Crippen molar-refractivity contribution in [3.63, 3.8) is 0 Å². The Balaban J connectivity index is 1.55. The molecule has 2 aliphatic carbocycles. The van der Waals surface area contributed by atoms with Crippen molar-refractivity contribution in [2.75, 3.05) is 11.9 Å². The Morgan fingerprint density at radius 2 is 1.89 bits per heavy atom. The lowest BCUT2D eigenvalue weighted by Crippen LogP contribution is -2.39. The van der Waals surface area contributed by atoms with E-state index in [0.29, 0.717) is 24.5 Å². The molecule has 0 aliphatic heterocycles. The maximum Gasteiger partial charge on any atom is 0.239 e. The summed E-state index contributed by atoms with van der Waals surface area (Å²) in [6.45, 7) is 4.77. The Morgan fingerprint density at radius 3 is 2.52 bits per heavy atom. The van der Waals surface area contributed by atoms with Crippen molar-refractivity contribution in [2.24, 2.45) is 0 Å². The fraction of sp³-hybridized carbons (Fsp3) is 0.545. The molecule has 0 saturated heterocycles. The van der Waals surface area contributed by atoms with Gasteiger partial charge in [-0.25, -0.2) is 4.68 Å². The Kier molecular flexibility index (Phi) is 5.30. The largest absolute Gasteiger partial charge is 0.309 e. The third-order valence-corrected chi connectivity index (χ3v) is 5.78. The van der Waals surface area contributed by atoms with Gasteiger partial charge in [-0.3, -0.25) is 9.69 Å². The number of anilines is 1. The van der Waals surface area contributed by atoms with E-state index in [-0.39, 0.29) is 5.91 Å². The van der Waals surface area contributed by atoms with E-state index in [4.69, 9.17) is 5.10 Å². The van der Waals surface area contributed by atoms with Gasteiger partial charge in [-0.15, -0.1) is 0 Å². The third kappa shape index (κ3) is 4.24. The predicted molar refractivity (Wildman–Crippen MR) is 108 cm³/mol. The quantitative estimate of drug-likeness (QED) is 0.793. The lowest BCUT2D eigenvalue weighted by molar-refractivity contribution is -0.117. The number of carbonyl (C=O) groups is 1. The lowest BCUT2D eigenvalue weighted by Gasteiger charge is -2.25. The predicted octanol–water partition coefficient (Wildman–Crippen LogP) is 4.34. The molecule has 1 N–H and O–H groups in total. The van der Waals surface area contributed by atoms with Gasteiger partial charge in [0, 0.05) is 24.1 Å². The molecule has 0 atom stereocenters. The van der Waals surface area contributed by atoms with Crippen molar-refractivity contribution < 1.29 is 4.79 Å². The molecule has 1 aromatic heterocycles. The lowest BCUT2D eigenvalue weighted by atomic mass is 10.0. The van der Waals surface area contributed by atoms with Crippen molar-refractivity contribution in [1.82, 2.24) is 14.7 Å². The Labute approximate surface area is 161 Å². The first-order chi connectivity index (χ1) is 13.1. The van der Waals surface area contributed by atoms with Crippen molar-refractivity contribution in [3.8, 4) is 5.69 Å². The molecular formula is C22H30N4O. The molecule has 0 spiro atoms. The van der Waals surface area contributed by atoms with E-state index >= 15 is 0 Å². The van der Waals surface area contributed by atoms with E-state index in [1.807, 2.05) is 35.0 Å². The molecule has 2 aliphatic rings. The van der Waals surface area contributed by atoms with E-state index in [9.17, 15) is 4.79 Å². The van der Waals surface area contributed by atoms with Crippen molar-refractivity contribution in [3.05, 3.63) is 42.1 Å². The molecule has 0 radical (unpaired) electrons. The maximum atomic E-state index is 12.8. The van der Waals surface area contributed by atoms with Crippen molar-refractivity contribution in [2.45, 2.75) is 70.4 Å². The standard InChI is InChI=1S/C22H30N4O/c1-16(2)25(18-12-13-18)15-22(27)23-21-14-20(17-8-6-7-9-17)24-26(21)19-10-4-3-5-11-19/h3-5,10-11,14,16-18H,6-9,12-13,15H2,1-2H3,(H,23,27).